The third kappa shape index (κ3) is 5.78. The van der Waals surface area contributed by atoms with Crippen molar-refractivity contribution in [3.63, 3.8) is 0 Å². The van der Waals surface area contributed by atoms with E-state index in [0.29, 0.717) is 12.0 Å². The molecule has 1 fully saturated rings. The second-order valence-electron chi connectivity index (χ2n) is 6.70. The maximum atomic E-state index is 4.90. The van der Waals surface area contributed by atoms with E-state index in [4.69, 9.17) is 4.99 Å². The Labute approximate surface area is 151 Å². The van der Waals surface area contributed by atoms with Gasteiger partial charge < -0.3 is 10.6 Å². The molecule has 1 aliphatic rings. The number of aliphatic imine (C=N–C) groups is 1. The van der Waals surface area contributed by atoms with Crippen molar-refractivity contribution in [1.82, 2.24) is 15.5 Å². The van der Waals surface area contributed by atoms with Crippen molar-refractivity contribution in [2.45, 2.75) is 52.0 Å². The molecule has 1 aliphatic heterocycles. The van der Waals surface area contributed by atoms with E-state index in [1.54, 1.807) is 0 Å². The summed E-state index contributed by atoms with van der Waals surface area (Å²) in [7, 11) is 2.26. The molecule has 0 amide bonds. The summed E-state index contributed by atoms with van der Waals surface area (Å²) in [6.07, 6.45) is 6.29. The fourth-order valence-electron chi connectivity index (χ4n) is 3.49. The number of likely N-dealkylation sites (tertiary alicyclic amines) is 1. The van der Waals surface area contributed by atoms with Crippen molar-refractivity contribution in [3.8, 4) is 0 Å². The number of hydrogen-bond donors (Lipinski definition) is 2. The average Bonchev–Trinajstić information content (AvgIpc) is 3.10. The van der Waals surface area contributed by atoms with E-state index in [0.717, 1.165) is 25.6 Å². The second kappa shape index (κ2) is 10.7. The predicted octanol–water partition coefficient (Wildman–Crippen LogP) is 3.88. The van der Waals surface area contributed by atoms with Crippen LogP contribution in [0.4, 0.5) is 0 Å². The number of guanidine groups is 1. The third-order valence-electron chi connectivity index (χ3n) is 4.74. The van der Waals surface area contributed by atoms with Gasteiger partial charge in [-0.05, 0) is 57.1 Å². The zero-order chi connectivity index (χ0) is 17.2. The van der Waals surface area contributed by atoms with E-state index in [-0.39, 0.29) is 0 Å². The van der Waals surface area contributed by atoms with E-state index in [2.05, 4.69) is 53.9 Å². The van der Waals surface area contributed by atoms with Gasteiger partial charge in [0.05, 0.1) is 0 Å². The van der Waals surface area contributed by atoms with Crippen molar-refractivity contribution in [2.24, 2.45) is 10.9 Å². The first-order chi connectivity index (χ1) is 11.8. The minimum atomic E-state index is 0.519. The number of nitrogens with one attached hydrogen (secondary N) is 2. The molecule has 24 heavy (non-hydrogen) atoms. The lowest BCUT2D eigenvalue weighted by atomic mass is 9.88. The monoisotopic (exact) mass is 350 g/mol. The van der Waals surface area contributed by atoms with Crippen molar-refractivity contribution >= 4 is 17.3 Å². The summed E-state index contributed by atoms with van der Waals surface area (Å²) < 4.78 is 0. The summed E-state index contributed by atoms with van der Waals surface area (Å²) in [6.45, 7) is 8.39. The Morgan fingerprint density at radius 1 is 1.33 bits per heavy atom. The molecular formula is C19H34N4S. The van der Waals surface area contributed by atoms with E-state index in [9.17, 15) is 0 Å². The van der Waals surface area contributed by atoms with Crippen LogP contribution in [-0.2, 0) is 0 Å². The van der Waals surface area contributed by atoms with Crippen LogP contribution in [0.3, 0.4) is 0 Å². The lowest BCUT2D eigenvalue weighted by Crippen LogP contribution is -2.40. The summed E-state index contributed by atoms with van der Waals surface area (Å²) in [6, 6.07) is 4.97. The van der Waals surface area contributed by atoms with E-state index in [1.807, 2.05) is 11.3 Å². The van der Waals surface area contributed by atoms with Gasteiger partial charge in [-0.3, -0.25) is 9.89 Å². The first kappa shape index (κ1) is 19.3. The topological polar surface area (TPSA) is 39.7 Å². The summed E-state index contributed by atoms with van der Waals surface area (Å²) >= 11 is 1.88. The van der Waals surface area contributed by atoms with Crippen LogP contribution >= 0.6 is 11.3 Å². The van der Waals surface area contributed by atoms with Crippen LogP contribution in [0.25, 0.3) is 0 Å². The third-order valence-corrected chi connectivity index (χ3v) is 5.69. The highest BCUT2D eigenvalue weighted by Crippen LogP contribution is 2.37. The molecule has 2 atom stereocenters. The first-order valence-electron chi connectivity index (χ1n) is 9.52. The SMILES string of the molecule is CCCCCNC(=NCC1CCCN(C)C1c1cccs1)NCC. The molecule has 4 nitrogen and oxygen atoms in total. The van der Waals surface area contributed by atoms with E-state index >= 15 is 0 Å². The van der Waals surface area contributed by atoms with E-state index in [1.165, 1.54) is 43.5 Å². The highest BCUT2D eigenvalue weighted by molar-refractivity contribution is 7.10. The van der Waals surface area contributed by atoms with Gasteiger partial charge in [0.2, 0.25) is 0 Å². The number of thiophene rings is 1. The largest absolute Gasteiger partial charge is 0.357 e. The summed E-state index contributed by atoms with van der Waals surface area (Å²) in [5.41, 5.74) is 0. The fraction of sp³-hybridized carbons (Fsp3) is 0.737. The molecule has 5 heteroatoms. The molecule has 1 saturated heterocycles. The minimum absolute atomic E-state index is 0.519. The number of unbranched alkanes of at least 4 members (excludes halogenated alkanes) is 2. The Bertz CT molecular complexity index is 472. The molecule has 136 valence electrons. The van der Waals surface area contributed by atoms with Gasteiger partial charge in [-0.15, -0.1) is 11.3 Å². The van der Waals surface area contributed by atoms with Crippen LogP contribution in [-0.4, -0.2) is 44.1 Å². The minimum Gasteiger partial charge on any atom is -0.357 e. The molecule has 1 aromatic rings. The highest BCUT2D eigenvalue weighted by Gasteiger charge is 2.30. The zero-order valence-corrected chi connectivity index (χ0v) is 16.4. The number of rotatable bonds is 8. The van der Waals surface area contributed by atoms with Gasteiger partial charge in [0.25, 0.3) is 0 Å². The predicted molar refractivity (Wildman–Crippen MR) is 106 cm³/mol. The maximum absolute atomic E-state index is 4.90. The molecule has 0 spiro atoms. The molecule has 2 rings (SSSR count). The zero-order valence-electron chi connectivity index (χ0n) is 15.6. The Balaban J connectivity index is 1.96. The summed E-state index contributed by atoms with van der Waals surface area (Å²) in [4.78, 5) is 8.90. The van der Waals surface area contributed by atoms with Crippen LogP contribution in [0, 0.1) is 5.92 Å². The summed E-state index contributed by atoms with van der Waals surface area (Å²) in [5.74, 6) is 1.58. The Kier molecular flexibility index (Phi) is 8.60. The number of nitrogens with zero attached hydrogens (tertiary/aromatic N) is 2. The first-order valence-corrected chi connectivity index (χ1v) is 10.4. The molecule has 0 bridgehead atoms. The molecule has 0 saturated carbocycles. The van der Waals surface area contributed by atoms with Gasteiger partial charge >= 0.3 is 0 Å². The van der Waals surface area contributed by atoms with Crippen LogP contribution in [0.15, 0.2) is 22.5 Å². The van der Waals surface area contributed by atoms with Gasteiger partial charge in [-0.1, -0.05) is 25.8 Å². The van der Waals surface area contributed by atoms with Crippen LogP contribution < -0.4 is 10.6 Å². The Morgan fingerprint density at radius 3 is 2.92 bits per heavy atom. The van der Waals surface area contributed by atoms with Gasteiger partial charge in [0.1, 0.15) is 0 Å². The molecule has 2 unspecified atom stereocenters. The van der Waals surface area contributed by atoms with Crippen LogP contribution in [0.2, 0.25) is 0 Å². The fourth-order valence-corrected chi connectivity index (χ4v) is 4.48. The van der Waals surface area contributed by atoms with Gasteiger partial charge in [-0.25, -0.2) is 0 Å². The quantitative estimate of drug-likeness (QED) is 0.425. The van der Waals surface area contributed by atoms with E-state index < -0.39 is 0 Å². The number of hydrogen-bond acceptors (Lipinski definition) is 3. The summed E-state index contributed by atoms with van der Waals surface area (Å²) in [5, 5.41) is 9.06. The second-order valence-corrected chi connectivity index (χ2v) is 7.68. The van der Waals surface area contributed by atoms with Gasteiger partial charge in [0, 0.05) is 30.6 Å². The lowest BCUT2D eigenvalue weighted by molar-refractivity contribution is 0.128. The highest BCUT2D eigenvalue weighted by atomic mass is 32.1. The molecule has 2 N–H and O–H groups in total. The standard InChI is InChI=1S/C19H34N4S/c1-4-6-7-12-21-19(20-5-2)22-15-16-10-8-13-23(3)18(16)17-11-9-14-24-17/h9,11,14,16,18H,4-8,10,12-13,15H2,1-3H3,(H2,20,21,22). The van der Waals surface area contributed by atoms with Crippen molar-refractivity contribution < 1.29 is 0 Å². The van der Waals surface area contributed by atoms with Gasteiger partial charge in [-0.2, -0.15) is 0 Å². The Morgan fingerprint density at radius 2 is 2.21 bits per heavy atom. The lowest BCUT2D eigenvalue weighted by Gasteiger charge is -2.38. The molecule has 0 aliphatic carbocycles. The molecular weight excluding hydrogens is 316 g/mol. The van der Waals surface area contributed by atoms with Crippen LogP contribution in [0.5, 0.6) is 0 Å². The van der Waals surface area contributed by atoms with Crippen molar-refractivity contribution in [2.75, 3.05) is 33.2 Å². The Hall–Kier alpha value is -1.07. The average molecular weight is 351 g/mol. The smallest absolute Gasteiger partial charge is 0.191 e. The van der Waals surface area contributed by atoms with Crippen molar-refractivity contribution in [1.29, 1.82) is 0 Å². The van der Waals surface area contributed by atoms with Crippen LogP contribution in [0.1, 0.15) is 56.9 Å². The van der Waals surface area contributed by atoms with Crippen molar-refractivity contribution in [3.05, 3.63) is 22.4 Å². The number of piperidine rings is 1. The molecule has 0 radical (unpaired) electrons. The molecule has 1 aromatic heterocycles. The molecule has 0 aromatic carbocycles. The van der Waals surface area contributed by atoms with Gasteiger partial charge in [0.15, 0.2) is 5.96 Å². The molecule has 2 heterocycles. The normalized spacial score (nSPS) is 22.5. The maximum Gasteiger partial charge on any atom is 0.191 e.